The maximum absolute atomic E-state index is 6.19. The molecule has 4 heteroatoms. The van der Waals surface area contributed by atoms with Gasteiger partial charge in [-0.3, -0.25) is 0 Å². The highest BCUT2D eigenvalue weighted by Crippen LogP contribution is 2.31. The van der Waals surface area contributed by atoms with Gasteiger partial charge < -0.3 is 10.1 Å². The predicted octanol–water partition coefficient (Wildman–Crippen LogP) is 4.67. The van der Waals surface area contributed by atoms with Gasteiger partial charge in [0.2, 0.25) is 0 Å². The second-order valence-corrected chi connectivity index (χ2v) is 5.26. The third-order valence-corrected chi connectivity index (χ3v) is 3.52. The van der Waals surface area contributed by atoms with Gasteiger partial charge in [-0.25, -0.2) is 4.98 Å². The number of aromatic nitrogens is 1. The first-order chi connectivity index (χ1) is 9.69. The Kier molecular flexibility index (Phi) is 5.07. The Morgan fingerprint density at radius 1 is 1.20 bits per heavy atom. The molecule has 20 heavy (non-hydrogen) atoms. The quantitative estimate of drug-likeness (QED) is 0.840. The second kappa shape index (κ2) is 6.80. The van der Waals surface area contributed by atoms with Crippen LogP contribution in [0.1, 0.15) is 32.3 Å². The molecule has 0 saturated carbocycles. The molecule has 0 atom stereocenters. The van der Waals surface area contributed by atoms with Crippen LogP contribution in [-0.2, 0) is 6.42 Å². The van der Waals surface area contributed by atoms with Gasteiger partial charge in [0.25, 0.3) is 0 Å². The van der Waals surface area contributed by atoms with Crippen molar-refractivity contribution in [2.45, 2.75) is 33.1 Å². The molecular formula is C16H21ClN2O. The van der Waals surface area contributed by atoms with E-state index in [1.807, 2.05) is 12.1 Å². The van der Waals surface area contributed by atoms with Crippen molar-refractivity contribution in [2.24, 2.45) is 0 Å². The lowest BCUT2D eigenvalue weighted by molar-refractivity contribution is 0.415. The van der Waals surface area contributed by atoms with Crippen molar-refractivity contribution in [3.8, 4) is 5.75 Å². The number of nitrogens with one attached hydrogen (secondary N) is 1. The topological polar surface area (TPSA) is 34.2 Å². The number of halogens is 1. The third kappa shape index (κ3) is 3.15. The summed E-state index contributed by atoms with van der Waals surface area (Å²) < 4.78 is 5.26. The Hall–Kier alpha value is -1.48. The van der Waals surface area contributed by atoms with Gasteiger partial charge >= 0.3 is 0 Å². The van der Waals surface area contributed by atoms with Crippen LogP contribution in [0.4, 0.5) is 5.82 Å². The van der Waals surface area contributed by atoms with Crippen molar-refractivity contribution in [1.82, 2.24) is 4.98 Å². The molecule has 0 spiro atoms. The lowest BCUT2D eigenvalue weighted by Crippen LogP contribution is -2.05. The zero-order valence-electron chi connectivity index (χ0n) is 12.3. The minimum atomic E-state index is 0.624. The highest BCUT2D eigenvalue weighted by atomic mass is 35.5. The Balaban J connectivity index is 2.52. The molecule has 0 aliphatic carbocycles. The van der Waals surface area contributed by atoms with Gasteiger partial charge in [-0.2, -0.15) is 0 Å². The summed E-state index contributed by atoms with van der Waals surface area (Å²) in [5.41, 5.74) is 2.15. The van der Waals surface area contributed by atoms with E-state index in [-0.39, 0.29) is 0 Å². The number of anilines is 1. The summed E-state index contributed by atoms with van der Waals surface area (Å²) in [7, 11) is 1.62. The van der Waals surface area contributed by atoms with Crippen LogP contribution in [0.2, 0.25) is 5.02 Å². The average molecular weight is 293 g/mol. The molecule has 1 heterocycles. The van der Waals surface area contributed by atoms with Crippen molar-refractivity contribution in [3.05, 3.63) is 28.8 Å². The molecule has 0 radical (unpaired) electrons. The Morgan fingerprint density at radius 2 is 2.00 bits per heavy atom. The highest BCUT2D eigenvalue weighted by molar-refractivity contribution is 6.32. The summed E-state index contributed by atoms with van der Waals surface area (Å²) in [5, 5.41) is 5.09. The van der Waals surface area contributed by atoms with Crippen LogP contribution in [0.5, 0.6) is 5.75 Å². The summed E-state index contributed by atoms with van der Waals surface area (Å²) in [6.07, 6.45) is 3.19. The van der Waals surface area contributed by atoms with Crippen molar-refractivity contribution >= 4 is 28.3 Å². The molecule has 1 N–H and O–H groups in total. The first-order valence-electron chi connectivity index (χ1n) is 7.10. The van der Waals surface area contributed by atoms with Crippen LogP contribution in [-0.4, -0.2) is 18.6 Å². The van der Waals surface area contributed by atoms with Crippen LogP contribution in [0.15, 0.2) is 18.2 Å². The molecule has 0 bridgehead atoms. The largest absolute Gasteiger partial charge is 0.495 e. The van der Waals surface area contributed by atoms with Crippen molar-refractivity contribution in [2.75, 3.05) is 19.0 Å². The third-order valence-electron chi connectivity index (χ3n) is 3.23. The van der Waals surface area contributed by atoms with Gasteiger partial charge in [-0.05, 0) is 30.5 Å². The number of pyridine rings is 1. The summed E-state index contributed by atoms with van der Waals surface area (Å²) in [4.78, 5) is 4.73. The van der Waals surface area contributed by atoms with Crippen LogP contribution in [0.3, 0.4) is 0 Å². The lowest BCUT2D eigenvalue weighted by atomic mass is 10.1. The van der Waals surface area contributed by atoms with Gasteiger partial charge in [0.15, 0.2) is 0 Å². The number of rotatable bonds is 6. The Morgan fingerprint density at radius 3 is 2.65 bits per heavy atom. The van der Waals surface area contributed by atoms with Crippen LogP contribution in [0.25, 0.3) is 10.9 Å². The molecule has 0 aliphatic heterocycles. The second-order valence-electron chi connectivity index (χ2n) is 4.85. The molecule has 0 unspecified atom stereocenters. The van der Waals surface area contributed by atoms with Crippen molar-refractivity contribution in [1.29, 1.82) is 0 Å². The summed E-state index contributed by atoms with van der Waals surface area (Å²) in [5.74, 6) is 1.64. The Labute approximate surface area is 125 Å². The molecule has 2 rings (SSSR count). The number of hydrogen-bond acceptors (Lipinski definition) is 3. The standard InChI is InChI=1S/C16H21ClN2O/c1-4-6-11-8-12-9-13(17)15(20-3)10-14(12)19-16(11)18-7-5-2/h8-10H,4-7H2,1-3H3,(H,18,19). The van der Waals surface area contributed by atoms with Crippen molar-refractivity contribution in [3.63, 3.8) is 0 Å². The van der Waals surface area contributed by atoms with E-state index in [1.165, 1.54) is 5.56 Å². The minimum Gasteiger partial charge on any atom is -0.495 e. The van der Waals surface area contributed by atoms with Crippen LogP contribution in [0, 0.1) is 0 Å². The first kappa shape index (κ1) is 14.9. The molecule has 0 aliphatic rings. The predicted molar refractivity (Wildman–Crippen MR) is 86.1 cm³/mol. The number of nitrogens with zero attached hydrogens (tertiary/aromatic N) is 1. The number of methoxy groups -OCH3 is 1. The maximum Gasteiger partial charge on any atom is 0.139 e. The van der Waals surface area contributed by atoms with E-state index in [0.29, 0.717) is 10.8 Å². The summed E-state index contributed by atoms with van der Waals surface area (Å²) in [6, 6.07) is 5.99. The van der Waals surface area contributed by atoms with E-state index in [4.69, 9.17) is 21.3 Å². The lowest BCUT2D eigenvalue weighted by Gasteiger charge is -2.13. The molecule has 1 aromatic heterocycles. The van der Waals surface area contributed by atoms with Gasteiger partial charge in [-0.15, -0.1) is 0 Å². The summed E-state index contributed by atoms with van der Waals surface area (Å²) in [6.45, 7) is 5.26. The SMILES string of the molecule is CCCNc1nc2cc(OC)c(Cl)cc2cc1CCC. The normalized spacial score (nSPS) is 10.8. The number of hydrogen-bond donors (Lipinski definition) is 1. The minimum absolute atomic E-state index is 0.624. The molecule has 3 nitrogen and oxygen atoms in total. The van der Waals surface area contributed by atoms with E-state index >= 15 is 0 Å². The molecule has 2 aromatic rings. The van der Waals surface area contributed by atoms with E-state index < -0.39 is 0 Å². The summed E-state index contributed by atoms with van der Waals surface area (Å²) >= 11 is 6.19. The monoisotopic (exact) mass is 292 g/mol. The maximum atomic E-state index is 6.19. The fourth-order valence-corrected chi connectivity index (χ4v) is 2.48. The number of benzene rings is 1. The molecular weight excluding hydrogens is 272 g/mol. The molecule has 0 saturated heterocycles. The van der Waals surface area contributed by atoms with E-state index in [9.17, 15) is 0 Å². The average Bonchev–Trinajstić information content (AvgIpc) is 2.45. The van der Waals surface area contributed by atoms with Crippen molar-refractivity contribution < 1.29 is 4.74 Å². The van der Waals surface area contributed by atoms with E-state index in [2.05, 4.69) is 25.2 Å². The zero-order valence-corrected chi connectivity index (χ0v) is 13.0. The van der Waals surface area contributed by atoms with Crippen LogP contribution < -0.4 is 10.1 Å². The molecule has 0 amide bonds. The Bertz CT molecular complexity index is 599. The van der Waals surface area contributed by atoms with Gasteiger partial charge in [-0.1, -0.05) is 31.9 Å². The van der Waals surface area contributed by atoms with Crippen LogP contribution >= 0.6 is 11.6 Å². The van der Waals surface area contributed by atoms with E-state index in [1.54, 1.807) is 7.11 Å². The number of aryl methyl sites for hydroxylation is 1. The first-order valence-corrected chi connectivity index (χ1v) is 7.48. The highest BCUT2D eigenvalue weighted by Gasteiger charge is 2.09. The fourth-order valence-electron chi connectivity index (χ4n) is 2.23. The van der Waals surface area contributed by atoms with E-state index in [0.717, 1.165) is 42.5 Å². The van der Waals surface area contributed by atoms with Gasteiger partial charge in [0, 0.05) is 18.0 Å². The fraction of sp³-hybridized carbons (Fsp3) is 0.438. The molecule has 0 fully saturated rings. The number of fused-ring (bicyclic) bond motifs is 1. The molecule has 108 valence electrons. The molecule has 1 aromatic carbocycles. The van der Waals surface area contributed by atoms with Gasteiger partial charge in [0.05, 0.1) is 17.6 Å². The smallest absolute Gasteiger partial charge is 0.139 e. The van der Waals surface area contributed by atoms with Gasteiger partial charge in [0.1, 0.15) is 11.6 Å². The zero-order chi connectivity index (χ0) is 14.5. The number of ether oxygens (including phenoxy) is 1.